The first kappa shape index (κ1) is 18.2. The maximum atomic E-state index is 12.2. The van der Waals surface area contributed by atoms with Crippen LogP contribution in [-0.4, -0.2) is 15.8 Å². The lowest BCUT2D eigenvalue weighted by Gasteiger charge is -2.51. The molecule has 3 atom stereocenters. The normalized spacial score (nSPS) is 31.9. The lowest BCUT2D eigenvalue weighted by Crippen LogP contribution is -2.59. The molecule has 0 aliphatic heterocycles. The van der Waals surface area contributed by atoms with E-state index in [1.165, 1.54) is 0 Å². The highest BCUT2D eigenvalue weighted by Crippen LogP contribution is 2.67. The van der Waals surface area contributed by atoms with Crippen LogP contribution in [0, 0.1) is 10.8 Å². The molecule has 0 radical (unpaired) electrons. The van der Waals surface area contributed by atoms with Crippen LogP contribution in [0.5, 0.6) is 0 Å². The van der Waals surface area contributed by atoms with Gasteiger partial charge >= 0.3 is 0 Å². The van der Waals surface area contributed by atoms with E-state index >= 15 is 0 Å². The van der Waals surface area contributed by atoms with Gasteiger partial charge in [-0.15, -0.1) is 0 Å². The fraction of sp³-hybridized carbons (Fsp3) is 0.478. The predicted molar refractivity (Wildman–Crippen MR) is 102 cm³/mol. The van der Waals surface area contributed by atoms with Gasteiger partial charge in [-0.05, 0) is 28.4 Å². The summed E-state index contributed by atoms with van der Waals surface area (Å²) in [5.41, 5.74) is -1.50. The Bertz CT molecular complexity index is 730. The summed E-state index contributed by atoms with van der Waals surface area (Å²) in [6.45, 7) is 10.4. The molecule has 0 heterocycles. The van der Waals surface area contributed by atoms with Crippen molar-refractivity contribution in [2.24, 2.45) is 10.8 Å². The van der Waals surface area contributed by atoms with Crippen molar-refractivity contribution in [3.8, 4) is 0 Å². The van der Waals surface area contributed by atoms with Crippen LogP contribution in [0.1, 0.15) is 58.1 Å². The van der Waals surface area contributed by atoms with E-state index in [0.717, 1.165) is 11.1 Å². The van der Waals surface area contributed by atoms with E-state index in [2.05, 4.69) is 26.0 Å². The third-order valence-electron chi connectivity index (χ3n) is 6.07. The van der Waals surface area contributed by atoms with Gasteiger partial charge in [0.15, 0.2) is 0 Å². The van der Waals surface area contributed by atoms with Gasteiger partial charge in [0.05, 0.1) is 0 Å². The molecule has 2 heteroatoms. The van der Waals surface area contributed by atoms with E-state index in [1.807, 2.05) is 69.3 Å². The van der Waals surface area contributed by atoms with Crippen molar-refractivity contribution in [2.45, 2.75) is 58.2 Å². The number of benzene rings is 2. The molecule has 1 aliphatic rings. The van der Waals surface area contributed by atoms with Crippen LogP contribution in [0.15, 0.2) is 60.7 Å². The van der Waals surface area contributed by atoms with Gasteiger partial charge in [0, 0.05) is 5.92 Å². The molecule has 2 nitrogen and oxygen atoms in total. The smallest absolute Gasteiger partial charge is 0.120 e. The average Bonchev–Trinajstić information content (AvgIpc) is 2.72. The highest BCUT2D eigenvalue weighted by molar-refractivity contribution is 5.40. The monoisotopic (exact) mass is 338 g/mol. The van der Waals surface area contributed by atoms with Gasteiger partial charge in [0.25, 0.3) is 0 Å². The Balaban J connectivity index is 2.29. The third-order valence-corrected chi connectivity index (χ3v) is 6.07. The standard InChI is InChI=1S/C23H30O2/c1-20(2,3)23(25)19(17-12-8-6-9-13-17)21(4,5)16-22(23,24)18-14-10-7-11-15-18/h6-15,19,24-25H,16H2,1-5H3. The molecular formula is C23H30O2. The molecule has 0 amide bonds. The van der Waals surface area contributed by atoms with Crippen LogP contribution in [0.25, 0.3) is 0 Å². The summed E-state index contributed by atoms with van der Waals surface area (Å²) < 4.78 is 0. The van der Waals surface area contributed by atoms with Gasteiger partial charge in [-0.3, -0.25) is 0 Å². The van der Waals surface area contributed by atoms with Crippen molar-refractivity contribution in [2.75, 3.05) is 0 Å². The molecule has 2 N–H and O–H groups in total. The molecule has 3 rings (SSSR count). The Morgan fingerprint density at radius 1 is 0.840 bits per heavy atom. The lowest BCUT2D eigenvalue weighted by molar-refractivity contribution is -0.198. The van der Waals surface area contributed by atoms with Crippen molar-refractivity contribution in [3.05, 3.63) is 71.8 Å². The average molecular weight is 338 g/mol. The summed E-state index contributed by atoms with van der Waals surface area (Å²) in [4.78, 5) is 0. The summed E-state index contributed by atoms with van der Waals surface area (Å²) in [5.74, 6) is -0.175. The minimum atomic E-state index is -1.31. The molecule has 2 aromatic rings. The molecule has 0 saturated heterocycles. The molecule has 1 aliphatic carbocycles. The lowest BCUT2D eigenvalue weighted by atomic mass is 9.59. The zero-order valence-electron chi connectivity index (χ0n) is 16.0. The van der Waals surface area contributed by atoms with E-state index in [-0.39, 0.29) is 11.3 Å². The topological polar surface area (TPSA) is 40.5 Å². The Hall–Kier alpha value is -1.64. The largest absolute Gasteiger partial charge is 0.385 e. The second-order valence-electron chi connectivity index (χ2n) is 9.25. The second-order valence-corrected chi connectivity index (χ2v) is 9.25. The van der Waals surface area contributed by atoms with Crippen LogP contribution in [0.2, 0.25) is 0 Å². The minimum Gasteiger partial charge on any atom is -0.385 e. The second kappa shape index (κ2) is 5.69. The first-order valence-electron chi connectivity index (χ1n) is 9.09. The van der Waals surface area contributed by atoms with E-state index in [0.29, 0.717) is 6.42 Å². The van der Waals surface area contributed by atoms with E-state index in [9.17, 15) is 10.2 Å². The summed E-state index contributed by atoms with van der Waals surface area (Å²) in [5, 5.41) is 24.1. The first-order valence-corrected chi connectivity index (χ1v) is 9.09. The number of hydrogen-bond acceptors (Lipinski definition) is 2. The molecule has 0 bridgehead atoms. The molecule has 25 heavy (non-hydrogen) atoms. The maximum absolute atomic E-state index is 12.2. The maximum Gasteiger partial charge on any atom is 0.120 e. The third kappa shape index (κ3) is 2.54. The number of hydrogen-bond donors (Lipinski definition) is 2. The fourth-order valence-corrected chi connectivity index (χ4v) is 5.13. The highest BCUT2D eigenvalue weighted by Gasteiger charge is 2.70. The number of aliphatic hydroxyl groups is 2. The van der Waals surface area contributed by atoms with E-state index in [4.69, 9.17) is 0 Å². The van der Waals surface area contributed by atoms with Gasteiger partial charge in [0.1, 0.15) is 11.2 Å². The quantitative estimate of drug-likeness (QED) is 0.820. The summed E-state index contributed by atoms with van der Waals surface area (Å²) in [6, 6.07) is 19.8. The molecule has 2 aromatic carbocycles. The molecule has 0 spiro atoms. The van der Waals surface area contributed by atoms with E-state index in [1.54, 1.807) is 0 Å². The Morgan fingerprint density at radius 3 is 1.80 bits per heavy atom. The van der Waals surface area contributed by atoms with Crippen molar-refractivity contribution in [3.63, 3.8) is 0 Å². The molecule has 3 unspecified atom stereocenters. The Labute approximate surface area is 151 Å². The van der Waals surface area contributed by atoms with Crippen molar-refractivity contribution >= 4 is 0 Å². The van der Waals surface area contributed by atoms with Gasteiger partial charge in [-0.2, -0.15) is 0 Å². The minimum absolute atomic E-state index is 0.175. The molecule has 0 aromatic heterocycles. The summed E-state index contributed by atoms with van der Waals surface area (Å²) in [7, 11) is 0. The molecular weight excluding hydrogens is 308 g/mol. The predicted octanol–water partition coefficient (Wildman–Crippen LogP) is 4.87. The SMILES string of the molecule is CC1(C)CC(O)(c2ccccc2)C(O)(C(C)(C)C)C1c1ccccc1. The Morgan fingerprint density at radius 2 is 1.32 bits per heavy atom. The Kier molecular flexibility index (Phi) is 4.13. The fourth-order valence-electron chi connectivity index (χ4n) is 5.13. The number of rotatable bonds is 2. The van der Waals surface area contributed by atoms with Crippen LogP contribution in [-0.2, 0) is 5.60 Å². The van der Waals surface area contributed by atoms with Gasteiger partial charge in [0.2, 0.25) is 0 Å². The zero-order valence-corrected chi connectivity index (χ0v) is 16.0. The summed E-state index contributed by atoms with van der Waals surface area (Å²) in [6.07, 6.45) is 0.511. The van der Waals surface area contributed by atoms with Crippen LogP contribution >= 0.6 is 0 Å². The van der Waals surface area contributed by atoms with Crippen molar-refractivity contribution in [1.29, 1.82) is 0 Å². The van der Waals surface area contributed by atoms with Crippen molar-refractivity contribution in [1.82, 2.24) is 0 Å². The first-order chi connectivity index (χ1) is 11.5. The summed E-state index contributed by atoms with van der Waals surface area (Å²) >= 11 is 0. The molecule has 1 saturated carbocycles. The molecule has 1 fully saturated rings. The van der Waals surface area contributed by atoms with Gasteiger partial charge in [-0.25, -0.2) is 0 Å². The van der Waals surface area contributed by atoms with Crippen molar-refractivity contribution < 1.29 is 10.2 Å². The zero-order chi connectivity index (χ0) is 18.5. The van der Waals surface area contributed by atoms with Gasteiger partial charge in [-0.1, -0.05) is 95.3 Å². The van der Waals surface area contributed by atoms with Crippen LogP contribution < -0.4 is 0 Å². The molecule has 134 valence electrons. The van der Waals surface area contributed by atoms with E-state index < -0.39 is 16.6 Å². The highest BCUT2D eigenvalue weighted by atomic mass is 16.4. The van der Waals surface area contributed by atoms with Crippen LogP contribution in [0.4, 0.5) is 0 Å². The van der Waals surface area contributed by atoms with Gasteiger partial charge < -0.3 is 10.2 Å². The van der Waals surface area contributed by atoms with Crippen LogP contribution in [0.3, 0.4) is 0 Å².